The highest BCUT2D eigenvalue weighted by Crippen LogP contribution is 2.50. The highest BCUT2D eigenvalue weighted by Gasteiger charge is 2.52. The van der Waals surface area contributed by atoms with Gasteiger partial charge in [-0.3, -0.25) is 38.5 Å². The number of ether oxygens (including phenoxy) is 6. The smallest absolute Gasteiger partial charge is 0.330 e. The predicted molar refractivity (Wildman–Crippen MR) is 354 cm³/mol. The number of carbonyl (C=O) groups is 8. The van der Waals surface area contributed by atoms with Gasteiger partial charge in [0, 0.05) is 34.7 Å². The highest BCUT2D eigenvalue weighted by atomic mass is 35.5. The van der Waals surface area contributed by atoms with Crippen LogP contribution in [0, 0.1) is 5.92 Å². The Morgan fingerprint density at radius 1 is 0.716 bits per heavy atom. The molecule has 12 rings (SSSR count). The van der Waals surface area contributed by atoms with E-state index in [1.165, 1.54) is 26.0 Å². The number of aromatic hydroxyl groups is 3. The van der Waals surface area contributed by atoms with Crippen molar-refractivity contribution in [3.05, 3.63) is 117 Å². The normalized spacial score (nSPS) is 29.3. The van der Waals surface area contributed by atoms with Gasteiger partial charge in [0.25, 0.3) is 0 Å². The van der Waals surface area contributed by atoms with Crippen molar-refractivity contribution < 1.29 is 118 Å². The van der Waals surface area contributed by atoms with Gasteiger partial charge >= 0.3 is 5.97 Å². The van der Waals surface area contributed by atoms with E-state index in [4.69, 9.17) is 63.1 Å². The standard InChI is InChI=1S/C67H77Cl2N9O24/c1-24(2)13-36(78(5)6)60(90)76-50-52(84)27-8-11-39(33(68)15-27)98-41-17-29-18-42(56(41)102-66-57(55(87)54(86)43(23-79)100-66)101-45-22-67(4,71)58(88)25(3)97-45)99-40-12-9-28(16-34(40)69)53(85)51-64(94)75-49(65(95)96)32-19-30(80)20-38(82)46(32)31-14-26(7-10-37(31)81)47(61(91)77-51)74-62(92)48(29)73-59(89)35(21-44(70)83)72-63(50)93/h7-12,14-20,24-25,35-36,43,45,47-55,57-58,66,79-82,84-88H,13,21-23,71H2,1-6H3,(H2,70,83)(H,72,93)(H,73,89)(H,74,92)(H,75,94)(H,76,90)(H,77,91)(H,95,96)/t25?,35?,36?,43-,45?,47?,48?,49?,50?,51?,52?,53?,54-,55+,57-,58?,66+,67?/m1/s1. The molecule has 5 aromatic rings. The number of aliphatic hydroxyl groups is 6. The summed E-state index contributed by atoms with van der Waals surface area (Å²) in [6, 6.07) is -0.588. The van der Waals surface area contributed by atoms with Gasteiger partial charge in [-0.2, -0.15) is 0 Å². The number of carboxylic acid groups (broad SMARTS) is 1. The van der Waals surface area contributed by atoms with Crippen LogP contribution in [0.15, 0.2) is 78.9 Å². The first-order valence-corrected chi connectivity index (χ1v) is 32.7. The van der Waals surface area contributed by atoms with E-state index in [2.05, 4.69) is 31.9 Å². The summed E-state index contributed by atoms with van der Waals surface area (Å²) in [5, 5.41) is 128. The number of aliphatic hydroxyl groups excluding tert-OH is 6. The van der Waals surface area contributed by atoms with Crippen molar-refractivity contribution in [2.75, 3.05) is 20.7 Å². The van der Waals surface area contributed by atoms with Crippen LogP contribution in [0.25, 0.3) is 11.1 Å². The highest BCUT2D eigenvalue weighted by molar-refractivity contribution is 6.32. The minimum atomic E-state index is -2.35. The number of nitrogens with one attached hydrogen (secondary N) is 6. The van der Waals surface area contributed by atoms with E-state index in [0.29, 0.717) is 0 Å². The van der Waals surface area contributed by atoms with E-state index >= 15 is 14.4 Å². The molecule has 33 nitrogen and oxygen atoms in total. The molecule has 0 aliphatic carbocycles. The topological polar surface area (TPSA) is 522 Å². The van der Waals surface area contributed by atoms with Crippen LogP contribution >= 0.6 is 23.2 Å². The van der Waals surface area contributed by atoms with Crippen molar-refractivity contribution in [2.45, 2.75) is 156 Å². The first-order valence-electron chi connectivity index (χ1n) is 32.0. The number of amides is 7. The van der Waals surface area contributed by atoms with Crippen LogP contribution < -0.4 is 57.6 Å². The summed E-state index contributed by atoms with van der Waals surface area (Å²) in [6.07, 6.45) is -18.5. The number of benzene rings is 5. The fraction of sp³-hybridized carbons (Fsp3) is 0.433. The minimum Gasteiger partial charge on any atom is -0.508 e. The van der Waals surface area contributed by atoms with Crippen LogP contribution in [0.4, 0.5) is 0 Å². The second-order valence-electron chi connectivity index (χ2n) is 26.4. The predicted octanol–water partition coefficient (Wildman–Crippen LogP) is 0.448. The number of hydrogen-bond donors (Lipinski definition) is 18. The number of carboxylic acids is 1. The van der Waals surface area contributed by atoms with E-state index in [-0.39, 0.29) is 46.2 Å². The molecular weight excluding hydrogens is 1390 g/mol. The molecule has 20 N–H and O–H groups in total. The lowest BCUT2D eigenvalue weighted by Crippen LogP contribution is -2.64. The molecule has 2 fully saturated rings. The van der Waals surface area contributed by atoms with Crippen LogP contribution in [-0.2, 0) is 52.6 Å². The van der Waals surface area contributed by atoms with Crippen molar-refractivity contribution in [3.63, 3.8) is 0 Å². The van der Waals surface area contributed by atoms with E-state index in [0.717, 1.165) is 66.7 Å². The number of hydrogen-bond acceptors (Lipinski definition) is 25. The summed E-state index contributed by atoms with van der Waals surface area (Å²) in [6.45, 7) is 5.70. The fourth-order valence-corrected chi connectivity index (χ4v) is 13.1. The van der Waals surface area contributed by atoms with Gasteiger partial charge in [-0.1, -0.05) is 55.2 Å². The third-order valence-electron chi connectivity index (χ3n) is 18.0. The van der Waals surface area contributed by atoms with Crippen molar-refractivity contribution in [3.8, 4) is 57.1 Å². The quantitative estimate of drug-likeness (QED) is 0.0761. The molecule has 18 atom stereocenters. The number of fused-ring (bicyclic) bond motifs is 15. The number of phenols is 3. The zero-order valence-electron chi connectivity index (χ0n) is 55.3. The first-order chi connectivity index (χ1) is 48.0. The Hall–Kier alpha value is -9.20. The van der Waals surface area contributed by atoms with Gasteiger partial charge < -0.3 is 123 Å². The van der Waals surface area contributed by atoms with Gasteiger partial charge in [-0.15, -0.1) is 0 Å². The molecule has 0 saturated carbocycles. The number of rotatable bonds is 13. The number of nitrogens with two attached hydrogens (primary N) is 2. The number of carbonyl (C=O) groups excluding carboxylic acids is 7. The van der Waals surface area contributed by atoms with Crippen molar-refractivity contribution in [2.24, 2.45) is 17.4 Å². The van der Waals surface area contributed by atoms with Gasteiger partial charge in [0.15, 0.2) is 29.9 Å². The van der Waals surface area contributed by atoms with E-state index in [1.54, 1.807) is 19.0 Å². The number of phenolic OH excluding ortho intramolecular Hbond substituents is 3. The molecule has 0 spiro atoms. The molecule has 7 heterocycles. The number of nitrogens with zero attached hydrogens (tertiary/aromatic N) is 1. The lowest BCUT2D eigenvalue weighted by molar-refractivity contribution is -0.333. The molecule has 548 valence electrons. The zero-order valence-corrected chi connectivity index (χ0v) is 56.8. The molecule has 0 aromatic heterocycles. The van der Waals surface area contributed by atoms with Crippen LogP contribution in [0.5, 0.6) is 46.0 Å². The molecule has 7 aliphatic rings. The Labute approximate surface area is 590 Å². The molecule has 2 saturated heterocycles. The average molecular weight is 1460 g/mol. The van der Waals surface area contributed by atoms with Crippen LogP contribution in [0.3, 0.4) is 0 Å². The van der Waals surface area contributed by atoms with Gasteiger partial charge in [-0.25, -0.2) is 4.79 Å². The van der Waals surface area contributed by atoms with Crippen molar-refractivity contribution in [1.29, 1.82) is 0 Å². The molecular formula is C67H77Cl2N9O24. The average Bonchev–Trinajstić information content (AvgIpc) is 0.770. The number of aliphatic carboxylic acids is 1. The fourth-order valence-electron chi connectivity index (χ4n) is 12.7. The molecule has 102 heavy (non-hydrogen) atoms. The molecule has 13 unspecified atom stereocenters. The summed E-state index contributed by atoms with van der Waals surface area (Å²) in [5.41, 5.74) is 8.04. The Balaban J connectivity index is 1.24. The molecule has 7 aliphatic heterocycles. The largest absolute Gasteiger partial charge is 0.508 e. The maximum Gasteiger partial charge on any atom is 0.330 e. The second kappa shape index (κ2) is 30.4. The Bertz CT molecular complexity index is 4110. The number of halogens is 2. The molecule has 35 heteroatoms. The molecule has 7 amide bonds. The third-order valence-corrected chi connectivity index (χ3v) is 18.6. The lowest BCUT2D eigenvalue weighted by Gasteiger charge is -2.47. The third kappa shape index (κ3) is 15.9. The Morgan fingerprint density at radius 3 is 1.89 bits per heavy atom. The number of primary amides is 1. The van der Waals surface area contributed by atoms with Crippen molar-refractivity contribution in [1.82, 2.24) is 36.8 Å². The van der Waals surface area contributed by atoms with Gasteiger partial charge in [0.2, 0.25) is 53.4 Å². The van der Waals surface area contributed by atoms with E-state index in [9.17, 15) is 75.0 Å². The van der Waals surface area contributed by atoms with E-state index in [1.807, 2.05) is 13.8 Å². The summed E-state index contributed by atoms with van der Waals surface area (Å²) >= 11 is 14.1. The van der Waals surface area contributed by atoms with Gasteiger partial charge in [0.05, 0.1) is 41.3 Å². The SMILES string of the molecule is CC(C)CC(C(=O)NC1C(=O)NC(CC(N)=O)C(=O)NC2C(=O)NC3C(=O)NC(C(=O)NC(C(=O)O)c4cc(O)cc(O)c4-c4cc3ccc4O)C(O)c3ccc(c(Cl)c3)Oc3cc2cc(c3O[C@@H]2O[C@H](CO)[C@@H](O)[C@H](O)[C@H]2OC2CC(C)(N)C(O)C(C)O2)Oc2ccc(cc2Cl)C1O)N(C)C. The summed E-state index contributed by atoms with van der Waals surface area (Å²) < 4.78 is 38.3. The van der Waals surface area contributed by atoms with Crippen molar-refractivity contribution >= 4 is 70.5 Å². The van der Waals surface area contributed by atoms with Crippen LogP contribution in [0.1, 0.15) is 105 Å². The monoisotopic (exact) mass is 1460 g/mol. The maximum absolute atomic E-state index is 16.0. The first kappa shape index (κ1) is 75.5. The minimum absolute atomic E-state index is 0.0929. The summed E-state index contributed by atoms with van der Waals surface area (Å²) in [4.78, 5) is 119. The van der Waals surface area contributed by atoms with Gasteiger partial charge in [-0.05, 0) is 117 Å². The molecule has 0 radical (unpaired) electrons. The van der Waals surface area contributed by atoms with Gasteiger partial charge in [0.1, 0.15) is 89.5 Å². The lowest BCUT2D eigenvalue weighted by atomic mass is 9.86. The number of likely N-dealkylation sites (N-methyl/N-ethyl adjacent to an activating group) is 1. The Kier molecular flexibility index (Phi) is 22.5. The van der Waals surface area contributed by atoms with Crippen LogP contribution in [0.2, 0.25) is 10.0 Å². The summed E-state index contributed by atoms with van der Waals surface area (Å²) in [7, 11) is 3.19. The molecule has 5 aromatic carbocycles. The van der Waals surface area contributed by atoms with E-state index < -0.39 is 237 Å². The second-order valence-corrected chi connectivity index (χ2v) is 27.2. The Morgan fingerprint density at radius 2 is 1.31 bits per heavy atom. The van der Waals surface area contributed by atoms with Crippen LogP contribution in [-0.4, -0.2) is 203 Å². The zero-order chi connectivity index (χ0) is 74.4. The maximum atomic E-state index is 16.0. The molecule has 11 bridgehead atoms. The summed E-state index contributed by atoms with van der Waals surface area (Å²) in [5.74, 6) is -15.9.